The van der Waals surface area contributed by atoms with Crippen molar-refractivity contribution >= 4 is 0 Å². The Balaban J connectivity index is 2.30. The van der Waals surface area contributed by atoms with Gasteiger partial charge in [-0.3, -0.25) is 4.68 Å². The summed E-state index contributed by atoms with van der Waals surface area (Å²) in [6.07, 6.45) is 4.12. The van der Waals surface area contributed by atoms with Crippen LogP contribution in [0.2, 0.25) is 0 Å². The van der Waals surface area contributed by atoms with E-state index in [9.17, 15) is 0 Å². The van der Waals surface area contributed by atoms with Crippen LogP contribution in [0.4, 0.5) is 0 Å². The van der Waals surface area contributed by atoms with Crippen LogP contribution in [0.25, 0.3) is 0 Å². The molecule has 1 aromatic carbocycles. The second-order valence-electron chi connectivity index (χ2n) is 6.11. The molecular weight excluding hydrogens is 258 g/mol. The van der Waals surface area contributed by atoms with Crippen molar-refractivity contribution in [2.45, 2.75) is 39.7 Å². The SMILES string of the molecule is CCCNC(c1cccc(CC(C)C)c1)c1ccnn1C. The molecule has 0 fully saturated rings. The Kier molecular flexibility index (Phi) is 5.57. The first kappa shape index (κ1) is 15.8. The molecule has 0 aliphatic rings. The van der Waals surface area contributed by atoms with E-state index in [4.69, 9.17) is 0 Å². The standard InChI is InChI=1S/C18H27N3/c1-5-10-19-18(17-9-11-20-21(17)4)16-8-6-7-15(13-16)12-14(2)3/h6-9,11,13-14,18-19H,5,10,12H2,1-4H3. The molecule has 3 heteroatoms. The number of aryl methyl sites for hydroxylation is 1. The monoisotopic (exact) mass is 285 g/mol. The topological polar surface area (TPSA) is 29.9 Å². The lowest BCUT2D eigenvalue weighted by atomic mass is 9.97. The number of hydrogen-bond donors (Lipinski definition) is 1. The molecule has 1 N–H and O–H groups in total. The summed E-state index contributed by atoms with van der Waals surface area (Å²) < 4.78 is 1.96. The number of nitrogens with one attached hydrogen (secondary N) is 1. The van der Waals surface area contributed by atoms with E-state index >= 15 is 0 Å². The molecule has 0 spiro atoms. The molecule has 1 heterocycles. The van der Waals surface area contributed by atoms with Crippen LogP contribution in [0.3, 0.4) is 0 Å². The zero-order valence-electron chi connectivity index (χ0n) is 13.6. The summed E-state index contributed by atoms with van der Waals surface area (Å²) in [4.78, 5) is 0. The van der Waals surface area contributed by atoms with Crippen LogP contribution in [0.15, 0.2) is 36.5 Å². The highest BCUT2D eigenvalue weighted by atomic mass is 15.3. The number of aromatic nitrogens is 2. The predicted molar refractivity (Wildman–Crippen MR) is 88.3 cm³/mol. The largest absolute Gasteiger partial charge is 0.305 e. The predicted octanol–water partition coefficient (Wildman–Crippen LogP) is 3.71. The maximum atomic E-state index is 4.32. The van der Waals surface area contributed by atoms with E-state index in [1.807, 2.05) is 17.9 Å². The zero-order valence-corrected chi connectivity index (χ0v) is 13.6. The normalized spacial score (nSPS) is 12.8. The first-order valence-electron chi connectivity index (χ1n) is 7.92. The highest BCUT2D eigenvalue weighted by molar-refractivity contribution is 5.31. The minimum absolute atomic E-state index is 0.213. The molecule has 1 aromatic heterocycles. The van der Waals surface area contributed by atoms with Gasteiger partial charge in [0, 0.05) is 13.2 Å². The summed E-state index contributed by atoms with van der Waals surface area (Å²) in [5.74, 6) is 0.680. The molecular formula is C18H27N3. The number of nitrogens with zero attached hydrogens (tertiary/aromatic N) is 2. The number of benzene rings is 1. The van der Waals surface area contributed by atoms with Crippen molar-refractivity contribution in [2.24, 2.45) is 13.0 Å². The summed E-state index contributed by atoms with van der Waals surface area (Å²) in [7, 11) is 2.01. The van der Waals surface area contributed by atoms with E-state index < -0.39 is 0 Å². The van der Waals surface area contributed by atoms with E-state index in [0.29, 0.717) is 5.92 Å². The Labute approximate surface area is 128 Å². The number of hydrogen-bond acceptors (Lipinski definition) is 2. The molecule has 1 atom stereocenters. The maximum absolute atomic E-state index is 4.32. The Morgan fingerprint density at radius 3 is 2.67 bits per heavy atom. The van der Waals surface area contributed by atoms with Crippen molar-refractivity contribution in [2.75, 3.05) is 6.54 Å². The molecule has 0 aliphatic carbocycles. The van der Waals surface area contributed by atoms with Gasteiger partial charge in [-0.2, -0.15) is 5.10 Å². The van der Waals surface area contributed by atoms with Crippen LogP contribution >= 0.6 is 0 Å². The Morgan fingerprint density at radius 1 is 1.24 bits per heavy atom. The van der Waals surface area contributed by atoms with Gasteiger partial charge in [0.2, 0.25) is 0 Å². The molecule has 0 radical (unpaired) electrons. The van der Waals surface area contributed by atoms with Gasteiger partial charge < -0.3 is 5.32 Å². The summed E-state index contributed by atoms with van der Waals surface area (Å²) in [5, 5.41) is 7.97. The lowest BCUT2D eigenvalue weighted by Gasteiger charge is -2.20. The molecule has 0 saturated carbocycles. The average molecular weight is 285 g/mol. The van der Waals surface area contributed by atoms with Crippen molar-refractivity contribution in [1.82, 2.24) is 15.1 Å². The molecule has 2 aromatic rings. The van der Waals surface area contributed by atoms with Crippen LogP contribution in [0.1, 0.15) is 50.1 Å². The number of rotatable bonds is 7. The van der Waals surface area contributed by atoms with Gasteiger partial charge in [-0.25, -0.2) is 0 Å². The molecule has 0 bridgehead atoms. The van der Waals surface area contributed by atoms with Gasteiger partial charge in [-0.15, -0.1) is 0 Å². The fraction of sp³-hybridized carbons (Fsp3) is 0.500. The summed E-state index contributed by atoms with van der Waals surface area (Å²) >= 11 is 0. The van der Waals surface area contributed by atoms with Crippen LogP contribution in [-0.4, -0.2) is 16.3 Å². The van der Waals surface area contributed by atoms with E-state index in [1.165, 1.54) is 16.8 Å². The molecule has 3 nitrogen and oxygen atoms in total. The van der Waals surface area contributed by atoms with E-state index in [1.54, 1.807) is 0 Å². The third-order valence-electron chi connectivity index (χ3n) is 3.68. The third-order valence-corrected chi connectivity index (χ3v) is 3.68. The lowest BCUT2D eigenvalue weighted by molar-refractivity contribution is 0.552. The van der Waals surface area contributed by atoms with E-state index in [0.717, 1.165) is 19.4 Å². The summed E-state index contributed by atoms with van der Waals surface area (Å²) in [6.45, 7) is 7.73. The quantitative estimate of drug-likeness (QED) is 0.840. The molecule has 114 valence electrons. The van der Waals surface area contributed by atoms with Crippen molar-refractivity contribution in [3.05, 3.63) is 53.3 Å². The Bertz CT molecular complexity index is 557. The molecule has 1 unspecified atom stereocenters. The minimum Gasteiger partial charge on any atom is -0.305 e. The van der Waals surface area contributed by atoms with Crippen LogP contribution in [0.5, 0.6) is 0 Å². The maximum Gasteiger partial charge on any atom is 0.0748 e. The fourth-order valence-electron chi connectivity index (χ4n) is 2.72. The second-order valence-corrected chi connectivity index (χ2v) is 6.11. The van der Waals surface area contributed by atoms with Crippen LogP contribution in [0, 0.1) is 5.92 Å². The van der Waals surface area contributed by atoms with Crippen molar-refractivity contribution in [3.63, 3.8) is 0 Å². The highest BCUT2D eigenvalue weighted by Gasteiger charge is 2.16. The Hall–Kier alpha value is -1.61. The van der Waals surface area contributed by atoms with Crippen LogP contribution < -0.4 is 5.32 Å². The first-order valence-corrected chi connectivity index (χ1v) is 7.92. The van der Waals surface area contributed by atoms with Crippen molar-refractivity contribution in [1.29, 1.82) is 0 Å². The van der Waals surface area contributed by atoms with Gasteiger partial charge in [-0.1, -0.05) is 45.0 Å². The average Bonchev–Trinajstić information content (AvgIpc) is 2.85. The van der Waals surface area contributed by atoms with Gasteiger partial charge in [0.1, 0.15) is 0 Å². The van der Waals surface area contributed by atoms with Gasteiger partial charge in [0.05, 0.1) is 11.7 Å². The Morgan fingerprint density at radius 2 is 2.05 bits per heavy atom. The van der Waals surface area contributed by atoms with Gasteiger partial charge in [-0.05, 0) is 42.5 Å². The van der Waals surface area contributed by atoms with Crippen molar-refractivity contribution < 1.29 is 0 Å². The second kappa shape index (κ2) is 7.41. The van der Waals surface area contributed by atoms with Gasteiger partial charge in [0.15, 0.2) is 0 Å². The van der Waals surface area contributed by atoms with E-state index in [2.05, 4.69) is 61.5 Å². The van der Waals surface area contributed by atoms with Gasteiger partial charge in [0.25, 0.3) is 0 Å². The molecule has 0 amide bonds. The van der Waals surface area contributed by atoms with Crippen LogP contribution in [-0.2, 0) is 13.5 Å². The fourth-order valence-corrected chi connectivity index (χ4v) is 2.72. The molecule has 2 rings (SSSR count). The van der Waals surface area contributed by atoms with E-state index in [-0.39, 0.29) is 6.04 Å². The highest BCUT2D eigenvalue weighted by Crippen LogP contribution is 2.23. The zero-order chi connectivity index (χ0) is 15.2. The molecule has 0 saturated heterocycles. The minimum atomic E-state index is 0.213. The molecule has 21 heavy (non-hydrogen) atoms. The van der Waals surface area contributed by atoms with Gasteiger partial charge >= 0.3 is 0 Å². The first-order chi connectivity index (χ1) is 10.1. The van der Waals surface area contributed by atoms with Crippen molar-refractivity contribution in [3.8, 4) is 0 Å². The summed E-state index contributed by atoms with van der Waals surface area (Å²) in [5.41, 5.74) is 3.95. The lowest BCUT2D eigenvalue weighted by Crippen LogP contribution is -2.25. The molecule has 0 aliphatic heterocycles. The third kappa shape index (κ3) is 4.18. The summed E-state index contributed by atoms with van der Waals surface area (Å²) in [6, 6.07) is 11.3. The smallest absolute Gasteiger partial charge is 0.0748 e.